The summed E-state index contributed by atoms with van der Waals surface area (Å²) >= 11 is 0. The molecule has 0 atom stereocenters. The molecule has 3 aromatic rings. The highest BCUT2D eigenvalue weighted by atomic mass is 16.9. The van der Waals surface area contributed by atoms with E-state index in [2.05, 4.69) is 5.43 Å². The van der Waals surface area contributed by atoms with Gasteiger partial charge in [0.15, 0.2) is 0 Å². The molecular formula is C18H11N7O10. The normalized spacial score (nSPS) is 10.3. The maximum atomic E-state index is 11.6. The van der Waals surface area contributed by atoms with Crippen LogP contribution in [0, 0.1) is 50.6 Å². The fourth-order valence-corrected chi connectivity index (χ4v) is 2.94. The molecule has 0 aliphatic rings. The van der Waals surface area contributed by atoms with Crippen LogP contribution in [0.1, 0.15) is 0 Å². The number of rotatable bonds is 9. The van der Waals surface area contributed by atoms with Gasteiger partial charge in [-0.2, -0.15) is 0 Å². The highest BCUT2D eigenvalue weighted by molar-refractivity contribution is 5.81. The molecule has 178 valence electrons. The first-order valence-corrected chi connectivity index (χ1v) is 9.16. The van der Waals surface area contributed by atoms with E-state index < -0.39 is 47.4 Å². The molecule has 0 aromatic heterocycles. The Bertz CT molecular complexity index is 1270. The van der Waals surface area contributed by atoms with E-state index in [0.717, 1.165) is 29.3 Å². The van der Waals surface area contributed by atoms with Gasteiger partial charge in [-0.05, 0) is 24.3 Å². The lowest BCUT2D eigenvalue weighted by molar-refractivity contribution is -0.401. The summed E-state index contributed by atoms with van der Waals surface area (Å²) in [5.41, 5.74) is -1.59. The van der Waals surface area contributed by atoms with Gasteiger partial charge >= 0.3 is 11.4 Å². The minimum absolute atomic E-state index is 0.0893. The third kappa shape index (κ3) is 5.03. The maximum Gasteiger partial charge on any atom is 0.308 e. The molecule has 3 rings (SSSR count). The first kappa shape index (κ1) is 23.9. The number of anilines is 3. The monoisotopic (exact) mass is 488 g/mol. The third-order valence-electron chi connectivity index (χ3n) is 4.55. The Morgan fingerprint density at radius 2 is 0.857 bits per heavy atom. The van der Waals surface area contributed by atoms with E-state index in [-0.39, 0.29) is 22.7 Å². The predicted octanol–water partition coefficient (Wildman–Crippen LogP) is 4.39. The number of nitrogens with zero attached hydrogens (tertiary/aromatic N) is 6. The molecule has 0 spiro atoms. The van der Waals surface area contributed by atoms with E-state index in [4.69, 9.17) is 0 Å². The Morgan fingerprint density at radius 3 is 1.14 bits per heavy atom. The van der Waals surface area contributed by atoms with E-state index in [1.165, 1.54) is 24.3 Å². The summed E-state index contributed by atoms with van der Waals surface area (Å²) in [4.78, 5) is 51.8. The molecule has 0 saturated carbocycles. The molecule has 1 N–H and O–H groups in total. The summed E-state index contributed by atoms with van der Waals surface area (Å²) < 4.78 is 0. The van der Waals surface area contributed by atoms with Crippen LogP contribution < -0.4 is 10.4 Å². The van der Waals surface area contributed by atoms with Crippen LogP contribution in [0.3, 0.4) is 0 Å². The van der Waals surface area contributed by atoms with Gasteiger partial charge in [-0.25, -0.2) is 0 Å². The highest BCUT2D eigenvalue weighted by Gasteiger charge is 2.32. The second-order valence-corrected chi connectivity index (χ2v) is 6.62. The van der Waals surface area contributed by atoms with Crippen LogP contribution in [0.2, 0.25) is 0 Å². The lowest BCUT2D eigenvalue weighted by Crippen LogP contribution is -2.25. The van der Waals surface area contributed by atoms with Crippen molar-refractivity contribution < 1.29 is 24.6 Å². The molecular weight excluding hydrogens is 477 g/mol. The number of non-ortho nitro benzene ring substituents is 3. The third-order valence-corrected chi connectivity index (χ3v) is 4.55. The predicted molar refractivity (Wildman–Crippen MR) is 118 cm³/mol. The Morgan fingerprint density at radius 1 is 0.514 bits per heavy atom. The number of hydrazine groups is 1. The Labute approximate surface area is 192 Å². The van der Waals surface area contributed by atoms with Crippen molar-refractivity contribution in [3.05, 3.63) is 111 Å². The van der Waals surface area contributed by atoms with Crippen molar-refractivity contribution in [1.29, 1.82) is 0 Å². The van der Waals surface area contributed by atoms with Crippen molar-refractivity contribution >= 4 is 45.5 Å². The number of hydrogen-bond donors (Lipinski definition) is 1. The Balaban J connectivity index is 2.22. The van der Waals surface area contributed by atoms with Gasteiger partial charge in [0.25, 0.3) is 17.1 Å². The first-order valence-electron chi connectivity index (χ1n) is 9.16. The molecule has 0 amide bonds. The Kier molecular flexibility index (Phi) is 6.42. The Hall–Kier alpha value is -5.74. The zero-order valence-corrected chi connectivity index (χ0v) is 17.0. The summed E-state index contributed by atoms with van der Waals surface area (Å²) in [6, 6.07) is 10.3. The number of nitro groups is 5. The fraction of sp³-hybridized carbons (Fsp3) is 0. The second kappa shape index (κ2) is 9.40. The number of benzene rings is 3. The van der Waals surface area contributed by atoms with Gasteiger partial charge in [-0.1, -0.05) is 0 Å². The SMILES string of the molecule is O=[N+]([O-])c1cc([15N+](=O)[O-])cc([N+](=O)[O-])c1NN(c1ccc([15N+](=O)[O-])cc1)c1ccc([15N+](=O)[O-])cc1. The minimum atomic E-state index is -1.06. The van der Waals surface area contributed by atoms with Gasteiger partial charge in [-0.3, -0.25) is 61.0 Å². The number of nitro benzene ring substituents is 5. The van der Waals surface area contributed by atoms with Crippen LogP contribution in [0.5, 0.6) is 0 Å². The largest absolute Gasteiger partial charge is 0.308 e. The zero-order valence-electron chi connectivity index (χ0n) is 17.0. The summed E-state index contributed by atoms with van der Waals surface area (Å²) in [5.74, 6) is 0. The molecule has 0 heterocycles. The van der Waals surface area contributed by atoms with Gasteiger partial charge < -0.3 is 0 Å². The van der Waals surface area contributed by atoms with Crippen LogP contribution in [0.15, 0.2) is 60.7 Å². The van der Waals surface area contributed by atoms with Crippen LogP contribution in [0.25, 0.3) is 0 Å². The molecule has 17 heteroatoms. The zero-order chi connectivity index (χ0) is 25.9. The van der Waals surface area contributed by atoms with Crippen molar-refractivity contribution in [2.45, 2.75) is 0 Å². The van der Waals surface area contributed by atoms with Crippen LogP contribution in [-0.4, -0.2) is 24.6 Å². The van der Waals surface area contributed by atoms with E-state index in [9.17, 15) is 50.6 Å². The van der Waals surface area contributed by atoms with E-state index >= 15 is 0 Å². The summed E-state index contributed by atoms with van der Waals surface area (Å²) in [7, 11) is 0. The minimum Gasteiger partial charge on any atom is -0.282 e. The molecule has 35 heavy (non-hydrogen) atoms. The summed E-state index contributed by atoms with van der Waals surface area (Å²) in [6.07, 6.45) is 0. The van der Waals surface area contributed by atoms with Gasteiger partial charge in [0.05, 0.1) is 48.1 Å². The molecule has 0 unspecified atom stereocenters. The molecule has 0 aliphatic carbocycles. The van der Waals surface area contributed by atoms with Crippen molar-refractivity contribution in [3.63, 3.8) is 0 Å². The second-order valence-electron chi connectivity index (χ2n) is 6.62. The lowest BCUT2D eigenvalue weighted by atomic mass is 10.2. The smallest absolute Gasteiger partial charge is 0.282 e. The number of nitrogens with one attached hydrogen (secondary N) is 1. The topological polar surface area (TPSA) is 231 Å². The lowest BCUT2D eigenvalue weighted by Gasteiger charge is -2.26. The van der Waals surface area contributed by atoms with E-state index in [1.807, 2.05) is 0 Å². The maximum absolute atomic E-state index is 11.6. The van der Waals surface area contributed by atoms with E-state index in [1.54, 1.807) is 0 Å². The van der Waals surface area contributed by atoms with Crippen molar-refractivity contribution in [1.82, 2.24) is 0 Å². The van der Waals surface area contributed by atoms with Gasteiger partial charge in [0.1, 0.15) is 0 Å². The van der Waals surface area contributed by atoms with Crippen molar-refractivity contribution in [3.8, 4) is 0 Å². The van der Waals surface area contributed by atoms with Gasteiger partial charge in [0, 0.05) is 24.3 Å². The van der Waals surface area contributed by atoms with Gasteiger partial charge in [-0.15, -0.1) is 0 Å². The van der Waals surface area contributed by atoms with Crippen molar-refractivity contribution in [2.75, 3.05) is 10.4 Å². The van der Waals surface area contributed by atoms with Crippen LogP contribution >= 0.6 is 0 Å². The van der Waals surface area contributed by atoms with E-state index in [0.29, 0.717) is 12.1 Å². The average molecular weight is 488 g/mol. The van der Waals surface area contributed by atoms with Crippen LogP contribution in [-0.2, 0) is 0 Å². The average Bonchev–Trinajstić information content (AvgIpc) is 2.82. The fourth-order valence-electron chi connectivity index (χ4n) is 2.94. The molecule has 0 bridgehead atoms. The first-order chi connectivity index (χ1) is 16.5. The molecule has 0 aliphatic heterocycles. The molecule has 17 nitrogen and oxygen atoms in total. The van der Waals surface area contributed by atoms with Gasteiger partial charge in [0.2, 0.25) is 5.69 Å². The summed E-state index contributed by atoms with van der Waals surface area (Å²) in [5, 5.41) is 57.3. The molecule has 0 radical (unpaired) electrons. The number of hydrogen-bond acceptors (Lipinski definition) is 12. The molecule has 0 fully saturated rings. The van der Waals surface area contributed by atoms with Crippen molar-refractivity contribution in [2.24, 2.45) is 0 Å². The highest BCUT2D eigenvalue weighted by Crippen LogP contribution is 2.40. The quantitative estimate of drug-likeness (QED) is 0.251. The van der Waals surface area contributed by atoms with Crippen LogP contribution in [0.4, 0.5) is 45.5 Å². The molecule has 0 saturated heterocycles. The molecule has 3 aromatic carbocycles. The standard InChI is InChI=1S/C18H11N7O10/c26-21(27)13-5-1-11(2-6-13)20(12-3-7-14(8-4-12)22(28)29)19-18-16(24(32)33)9-15(23(30)31)10-17(18)25(34)35/h1-10,19H/i21+1,22+1,23+1. The summed E-state index contributed by atoms with van der Waals surface area (Å²) in [6.45, 7) is 0.